The van der Waals surface area contributed by atoms with E-state index in [1.54, 1.807) is 23.9 Å². The van der Waals surface area contributed by atoms with E-state index >= 15 is 0 Å². The Kier molecular flexibility index (Phi) is 8.34. The van der Waals surface area contributed by atoms with Crippen molar-refractivity contribution in [3.8, 4) is 5.75 Å². The number of carboxylic acids is 1. The van der Waals surface area contributed by atoms with Crippen molar-refractivity contribution < 1.29 is 57.4 Å². The van der Waals surface area contributed by atoms with Gasteiger partial charge in [-0.15, -0.1) is 11.8 Å². The molecule has 0 saturated heterocycles. The maximum absolute atomic E-state index is 14.1. The van der Waals surface area contributed by atoms with Gasteiger partial charge in [0.05, 0.1) is 16.5 Å². The van der Waals surface area contributed by atoms with Crippen LogP contribution in [0.3, 0.4) is 0 Å². The van der Waals surface area contributed by atoms with Gasteiger partial charge in [-0.25, -0.2) is 18.2 Å². The van der Waals surface area contributed by atoms with Crippen LogP contribution in [0.4, 0.5) is 13.2 Å². The first-order valence-electron chi connectivity index (χ1n) is 12.6. The molecule has 1 aromatic heterocycles. The van der Waals surface area contributed by atoms with Crippen LogP contribution < -0.4 is 39.4 Å². The average molecular weight is 570 g/mol. The number of aromatic nitrogens is 1. The minimum Gasteiger partial charge on any atom is -0.550 e. The van der Waals surface area contributed by atoms with Crippen molar-refractivity contribution >= 4 is 40.8 Å². The zero-order valence-electron chi connectivity index (χ0n) is 21.8. The molecule has 198 valence electrons. The number of hydrogen-bond acceptors (Lipinski definition) is 5. The molecule has 6 rings (SSSR count). The van der Waals surface area contributed by atoms with Crippen LogP contribution in [0.25, 0.3) is 23.1 Å². The van der Waals surface area contributed by atoms with E-state index in [9.17, 15) is 23.1 Å². The Morgan fingerprint density at radius 2 is 1.82 bits per heavy atom. The average Bonchev–Trinajstić information content (AvgIpc) is 3.71. The number of carboxylic acid groups (broad SMARTS) is 1. The summed E-state index contributed by atoms with van der Waals surface area (Å²) in [7, 11) is 0. The van der Waals surface area contributed by atoms with E-state index in [4.69, 9.17) is 4.74 Å². The molecule has 1 unspecified atom stereocenters. The minimum atomic E-state index is -1.51. The number of thioether (sulfide) groups is 1. The number of pyridine rings is 1. The van der Waals surface area contributed by atoms with E-state index in [1.165, 1.54) is 6.07 Å². The molecule has 2 aliphatic rings. The largest absolute Gasteiger partial charge is 1.00 e. The minimum absolute atomic E-state index is 0. The van der Waals surface area contributed by atoms with Crippen LogP contribution in [0.2, 0.25) is 0 Å². The van der Waals surface area contributed by atoms with Crippen LogP contribution in [0.5, 0.6) is 5.75 Å². The van der Waals surface area contributed by atoms with Gasteiger partial charge in [0, 0.05) is 28.7 Å². The summed E-state index contributed by atoms with van der Waals surface area (Å²) in [5, 5.41) is 11.2. The molecule has 3 aromatic carbocycles. The summed E-state index contributed by atoms with van der Waals surface area (Å²) in [6.07, 6.45) is 5.41. The van der Waals surface area contributed by atoms with Gasteiger partial charge in [0.2, 0.25) is 0 Å². The summed E-state index contributed by atoms with van der Waals surface area (Å²) < 4.78 is 47.5. The van der Waals surface area contributed by atoms with Gasteiger partial charge in [0.1, 0.15) is 12.4 Å². The number of halogens is 3. The fraction of sp³-hybridized carbons (Fsp3) is 0.226. The molecular formula is C31H23F3NNaO3S. The molecule has 1 aliphatic heterocycles. The van der Waals surface area contributed by atoms with E-state index in [0.717, 1.165) is 46.9 Å². The normalized spacial score (nSPS) is 16.9. The number of nitrogens with zero attached hydrogens (tertiary/aromatic N) is 1. The molecule has 0 spiro atoms. The maximum Gasteiger partial charge on any atom is 1.00 e. The van der Waals surface area contributed by atoms with Crippen molar-refractivity contribution in [1.82, 2.24) is 4.98 Å². The Balaban J connectivity index is 0.00000323. The summed E-state index contributed by atoms with van der Waals surface area (Å²) in [4.78, 5) is 15.6. The third-order valence-corrected chi connectivity index (χ3v) is 8.99. The Labute approximate surface area is 255 Å². The summed E-state index contributed by atoms with van der Waals surface area (Å²) in [6, 6.07) is 17.8. The first kappa shape index (κ1) is 28.7. The van der Waals surface area contributed by atoms with Crippen molar-refractivity contribution in [2.75, 3.05) is 5.75 Å². The molecule has 2 heterocycles. The second-order valence-corrected chi connectivity index (χ2v) is 11.2. The molecule has 1 atom stereocenters. The standard InChI is InChI=1S/C31H24F3NO3S.Na/c32-24-14-25-22(28(33)29(24)34)9-8-20(35-25)7-5-18-6-10-26-23(13-18)30(21-4-2-1-3-19(21)16-38-26)39-17-31(11-12-31)15-27(36)37;/h1-10,13-14,30H,11-12,15-17H2,(H,36,37);/q;+1/p-1/b7-5+;. The van der Waals surface area contributed by atoms with Crippen LogP contribution in [-0.2, 0) is 11.4 Å². The molecule has 1 fully saturated rings. The van der Waals surface area contributed by atoms with Gasteiger partial charge in [0.15, 0.2) is 17.5 Å². The number of fused-ring (bicyclic) bond motifs is 3. The maximum atomic E-state index is 14.1. The SMILES string of the molecule is O=C([O-])CC1(CSC2c3ccccc3COc3ccc(/C=C/c4ccc5c(F)c(F)c(F)cc5n4)cc32)CC1.[Na+]. The predicted octanol–water partition coefficient (Wildman–Crippen LogP) is 3.46. The van der Waals surface area contributed by atoms with E-state index in [-0.39, 0.29) is 57.5 Å². The van der Waals surface area contributed by atoms with Crippen LogP contribution in [-0.4, -0.2) is 16.7 Å². The zero-order valence-corrected chi connectivity index (χ0v) is 24.6. The third-order valence-electron chi connectivity index (χ3n) is 7.36. The van der Waals surface area contributed by atoms with E-state index in [0.29, 0.717) is 18.1 Å². The molecular weight excluding hydrogens is 546 g/mol. The molecule has 40 heavy (non-hydrogen) atoms. The van der Waals surface area contributed by atoms with Crippen LogP contribution in [0.15, 0.2) is 60.7 Å². The van der Waals surface area contributed by atoms with Gasteiger partial charge in [-0.3, -0.25) is 0 Å². The third kappa shape index (κ3) is 5.81. The molecule has 0 N–H and O–H groups in total. The summed E-state index contributed by atoms with van der Waals surface area (Å²) in [6.45, 7) is 0.439. The quantitative estimate of drug-likeness (QED) is 0.252. The number of hydrogen-bond donors (Lipinski definition) is 0. The summed E-state index contributed by atoms with van der Waals surface area (Å²) >= 11 is 1.73. The molecule has 4 aromatic rings. The van der Waals surface area contributed by atoms with E-state index in [1.807, 2.05) is 42.5 Å². The molecule has 0 bridgehead atoms. The van der Waals surface area contributed by atoms with Crippen LogP contribution in [0.1, 0.15) is 52.5 Å². The van der Waals surface area contributed by atoms with Gasteiger partial charge in [-0.1, -0.05) is 36.4 Å². The van der Waals surface area contributed by atoms with Crippen molar-refractivity contribution in [2.45, 2.75) is 31.1 Å². The van der Waals surface area contributed by atoms with Gasteiger partial charge < -0.3 is 14.6 Å². The van der Waals surface area contributed by atoms with Crippen molar-refractivity contribution in [2.24, 2.45) is 5.41 Å². The number of carbonyl (C=O) groups excluding carboxylic acids is 1. The van der Waals surface area contributed by atoms with Crippen LogP contribution in [0, 0.1) is 22.9 Å². The van der Waals surface area contributed by atoms with E-state index in [2.05, 4.69) is 11.1 Å². The van der Waals surface area contributed by atoms with Crippen molar-refractivity contribution in [3.05, 3.63) is 106 Å². The Morgan fingerprint density at radius 3 is 2.60 bits per heavy atom. The van der Waals surface area contributed by atoms with Crippen LogP contribution >= 0.6 is 11.8 Å². The predicted molar refractivity (Wildman–Crippen MR) is 143 cm³/mol. The Morgan fingerprint density at radius 1 is 1.02 bits per heavy atom. The summed E-state index contributed by atoms with van der Waals surface area (Å²) in [5.41, 5.74) is 4.37. The molecule has 9 heteroatoms. The van der Waals surface area contributed by atoms with Crippen molar-refractivity contribution in [1.29, 1.82) is 0 Å². The molecule has 1 aliphatic carbocycles. The van der Waals surface area contributed by atoms with E-state index < -0.39 is 23.4 Å². The molecule has 1 saturated carbocycles. The fourth-order valence-electron chi connectivity index (χ4n) is 5.01. The number of carbonyl (C=O) groups is 1. The zero-order chi connectivity index (χ0) is 27.1. The molecule has 0 amide bonds. The molecule has 0 radical (unpaired) electrons. The van der Waals surface area contributed by atoms with Gasteiger partial charge in [0.25, 0.3) is 0 Å². The summed E-state index contributed by atoms with van der Waals surface area (Å²) in [5.74, 6) is -3.59. The Hall–Kier alpha value is -2.78. The second kappa shape index (κ2) is 11.6. The number of rotatable bonds is 7. The smallest absolute Gasteiger partial charge is 0.550 e. The van der Waals surface area contributed by atoms with Gasteiger partial charge in [-0.2, -0.15) is 0 Å². The second-order valence-electron chi connectivity index (χ2n) is 10.1. The molecule has 4 nitrogen and oxygen atoms in total. The topological polar surface area (TPSA) is 62.2 Å². The number of aliphatic carboxylic acids is 1. The monoisotopic (exact) mass is 569 g/mol. The first-order valence-corrected chi connectivity index (χ1v) is 13.7. The number of benzene rings is 3. The Bertz CT molecular complexity index is 1640. The fourth-order valence-corrected chi connectivity index (χ4v) is 6.70. The first-order chi connectivity index (χ1) is 18.8. The number of ether oxygens (including phenoxy) is 1. The van der Waals surface area contributed by atoms with Crippen molar-refractivity contribution in [3.63, 3.8) is 0 Å². The van der Waals surface area contributed by atoms with Gasteiger partial charge in [-0.05, 0) is 71.7 Å². The van der Waals surface area contributed by atoms with Gasteiger partial charge >= 0.3 is 29.6 Å².